The summed E-state index contributed by atoms with van der Waals surface area (Å²) < 4.78 is 0. The first-order valence-corrected chi connectivity index (χ1v) is 9.28. The Morgan fingerprint density at radius 2 is 1.86 bits per heavy atom. The summed E-state index contributed by atoms with van der Waals surface area (Å²) in [5.41, 5.74) is 6.99. The van der Waals surface area contributed by atoms with Gasteiger partial charge >= 0.3 is 26.2 Å². The number of nitrogens with zero attached hydrogens (tertiary/aromatic N) is 1. The number of allylic oxidation sites excluding steroid dienone is 7. The van der Waals surface area contributed by atoms with Crippen LogP contribution >= 0.6 is 0 Å². The van der Waals surface area contributed by atoms with Crippen molar-refractivity contribution in [2.24, 2.45) is 4.99 Å². The Hall–Kier alpha value is 0.180. The van der Waals surface area contributed by atoms with E-state index in [9.17, 15) is 0 Å². The van der Waals surface area contributed by atoms with Gasteiger partial charge in [-0.1, -0.05) is 49.5 Å². The number of rotatable bonds is 2. The van der Waals surface area contributed by atoms with E-state index in [0.717, 1.165) is 19.3 Å². The van der Waals surface area contributed by atoms with Crippen molar-refractivity contribution in [3.05, 3.63) is 46.7 Å². The minimum absolute atomic E-state index is 0. The van der Waals surface area contributed by atoms with Crippen LogP contribution in [0.3, 0.4) is 0 Å². The van der Waals surface area contributed by atoms with E-state index in [-0.39, 0.29) is 59.4 Å². The average molecular weight is 416 g/mol. The predicted octanol–water partition coefficient (Wildman–Crippen LogP) is -2.16. The van der Waals surface area contributed by atoms with Crippen molar-refractivity contribution in [3.8, 4) is 0 Å². The first kappa shape index (κ1) is 21.2. The van der Waals surface area contributed by atoms with Crippen LogP contribution in [0.25, 0.3) is 0 Å². The van der Waals surface area contributed by atoms with Gasteiger partial charge in [-0.2, -0.15) is 0 Å². The molecule has 0 aromatic heterocycles. The zero-order chi connectivity index (χ0) is 12.7. The van der Waals surface area contributed by atoms with Crippen LogP contribution in [-0.4, -0.2) is 19.3 Å². The van der Waals surface area contributed by atoms with Gasteiger partial charge in [0.05, 0.1) is 5.70 Å². The molecule has 0 radical (unpaired) electrons. The summed E-state index contributed by atoms with van der Waals surface area (Å²) in [6.07, 6.45) is 12.3. The molecule has 0 amide bonds. The maximum absolute atomic E-state index is 4.86. The van der Waals surface area contributed by atoms with Crippen LogP contribution in [0, 0.1) is 0 Å². The molecule has 0 unspecified atom stereocenters. The van der Waals surface area contributed by atoms with Gasteiger partial charge in [0.2, 0.25) is 0 Å². The van der Waals surface area contributed by atoms with E-state index in [0.29, 0.717) is 0 Å². The molecule has 0 spiro atoms. The zero-order valence-corrected chi connectivity index (χ0v) is 17.6. The van der Waals surface area contributed by atoms with E-state index >= 15 is 0 Å². The molecule has 0 atom stereocenters. The third-order valence-corrected chi connectivity index (χ3v) is 5.54. The average Bonchev–Trinajstić information content (AvgIpc) is 3.03. The SMILES string of the molecule is CCC1=NC2=CCC(=[Si](C)C)C2=C1C1=CC=CC1.[Cl-].[Cl-].[Zr+2]. The van der Waals surface area contributed by atoms with Gasteiger partial charge < -0.3 is 24.8 Å². The van der Waals surface area contributed by atoms with Crippen LogP contribution < -0.4 is 24.8 Å². The minimum atomic E-state index is -0.372. The smallest absolute Gasteiger partial charge is 1.00 e. The molecule has 0 saturated heterocycles. The fourth-order valence-electron chi connectivity index (χ4n) is 2.97. The van der Waals surface area contributed by atoms with Crippen molar-refractivity contribution in [3.63, 3.8) is 0 Å². The molecule has 2 aliphatic carbocycles. The molecule has 0 aromatic carbocycles. The maximum Gasteiger partial charge on any atom is 2.00 e. The summed E-state index contributed by atoms with van der Waals surface area (Å²) in [7, 11) is -0.372. The second-order valence-corrected chi connectivity index (χ2v) is 7.86. The normalized spacial score (nSPS) is 18.2. The number of aliphatic imine (C=N–C) groups is 1. The van der Waals surface area contributed by atoms with E-state index in [1.807, 2.05) is 0 Å². The van der Waals surface area contributed by atoms with Gasteiger partial charge in [-0.3, -0.25) is 4.99 Å². The van der Waals surface area contributed by atoms with Crippen molar-refractivity contribution in [1.82, 2.24) is 0 Å². The summed E-state index contributed by atoms with van der Waals surface area (Å²) >= 11 is 0. The maximum atomic E-state index is 4.86. The standard InChI is InChI=1S/C16H19NSi.2ClH.Zr/c1-4-12-15(11-7-5-6-8-11)16-13(17-12)9-10-14(16)18(2)3;;;/h5-7,9H,4,8,10H2,1-3H3;2*1H;/q;;;+2/p-2. The summed E-state index contributed by atoms with van der Waals surface area (Å²) in [5, 5.41) is 1.67. The molecule has 1 nitrogen and oxygen atoms in total. The Labute approximate surface area is 160 Å². The zero-order valence-electron chi connectivity index (χ0n) is 12.6. The molecule has 5 heteroatoms. The fourth-order valence-corrected chi connectivity index (χ4v) is 4.24. The number of hydrogen-bond acceptors (Lipinski definition) is 1. The van der Waals surface area contributed by atoms with Crippen molar-refractivity contribution in [2.45, 2.75) is 39.3 Å². The minimum Gasteiger partial charge on any atom is -1.00 e. The van der Waals surface area contributed by atoms with E-state index < -0.39 is 0 Å². The van der Waals surface area contributed by atoms with Gasteiger partial charge in [-0.15, -0.1) is 0 Å². The Balaban J connectivity index is 0.00000133. The Morgan fingerprint density at radius 3 is 2.38 bits per heavy atom. The van der Waals surface area contributed by atoms with Gasteiger partial charge in [0.1, 0.15) is 0 Å². The molecule has 0 fully saturated rings. The van der Waals surface area contributed by atoms with Crippen molar-refractivity contribution in [2.75, 3.05) is 0 Å². The van der Waals surface area contributed by atoms with Crippen LogP contribution in [-0.2, 0) is 26.2 Å². The summed E-state index contributed by atoms with van der Waals surface area (Å²) in [4.78, 5) is 4.86. The summed E-state index contributed by atoms with van der Waals surface area (Å²) in [6, 6.07) is 0. The molecule has 3 rings (SSSR count). The Bertz CT molecular complexity index is 606. The third-order valence-electron chi connectivity index (χ3n) is 3.88. The van der Waals surface area contributed by atoms with Crippen LogP contribution in [0.4, 0.5) is 0 Å². The quantitative estimate of drug-likeness (QED) is 0.456. The fraction of sp³-hybridized carbons (Fsp3) is 0.375. The molecule has 1 heterocycles. The van der Waals surface area contributed by atoms with Crippen molar-refractivity contribution < 1.29 is 51.0 Å². The molecule has 0 saturated carbocycles. The Morgan fingerprint density at radius 1 is 1.14 bits per heavy atom. The molecule has 110 valence electrons. The van der Waals surface area contributed by atoms with Crippen LogP contribution in [0.1, 0.15) is 26.2 Å². The first-order valence-electron chi connectivity index (χ1n) is 6.78. The van der Waals surface area contributed by atoms with Crippen molar-refractivity contribution >= 4 is 19.3 Å². The van der Waals surface area contributed by atoms with Gasteiger partial charge in [-0.05, 0) is 24.8 Å². The van der Waals surface area contributed by atoms with Gasteiger partial charge in [0.25, 0.3) is 0 Å². The number of halogens is 2. The molecule has 0 bridgehead atoms. The van der Waals surface area contributed by atoms with E-state index in [1.54, 1.807) is 5.17 Å². The summed E-state index contributed by atoms with van der Waals surface area (Å²) in [5.74, 6) is 0. The van der Waals surface area contributed by atoms with Gasteiger partial charge in [0.15, 0.2) is 0 Å². The molecule has 0 N–H and O–H groups in total. The van der Waals surface area contributed by atoms with E-state index in [4.69, 9.17) is 4.99 Å². The largest absolute Gasteiger partial charge is 2.00 e. The third kappa shape index (κ3) is 3.75. The molecular formula is C16H19Cl2NSiZr. The molecule has 3 aliphatic rings. The second kappa shape index (κ2) is 8.72. The summed E-state index contributed by atoms with van der Waals surface area (Å²) in [6.45, 7) is 7.01. The Kier molecular flexibility index (Phi) is 8.79. The van der Waals surface area contributed by atoms with Crippen LogP contribution in [0.15, 0.2) is 51.7 Å². The van der Waals surface area contributed by atoms with Crippen molar-refractivity contribution in [1.29, 1.82) is 0 Å². The topological polar surface area (TPSA) is 12.4 Å². The molecular weight excluding hydrogens is 396 g/mol. The van der Waals surface area contributed by atoms with Gasteiger partial charge in [-0.25, -0.2) is 0 Å². The molecule has 1 aliphatic heterocycles. The molecule has 0 aromatic rings. The second-order valence-electron chi connectivity index (χ2n) is 5.26. The monoisotopic (exact) mass is 413 g/mol. The van der Waals surface area contributed by atoms with E-state index in [1.165, 1.54) is 28.1 Å². The predicted molar refractivity (Wildman–Crippen MR) is 81.8 cm³/mol. The first-order chi connectivity index (χ1) is 8.72. The van der Waals surface area contributed by atoms with Gasteiger partial charge in [0, 0.05) is 25.3 Å². The van der Waals surface area contributed by atoms with Crippen LogP contribution in [0.5, 0.6) is 0 Å². The van der Waals surface area contributed by atoms with E-state index in [2.05, 4.69) is 44.3 Å². The number of fused-ring (bicyclic) bond motifs is 1. The van der Waals surface area contributed by atoms with Crippen LogP contribution in [0.2, 0.25) is 13.1 Å². The number of hydrogen-bond donors (Lipinski definition) is 0. The molecule has 21 heavy (non-hydrogen) atoms.